The lowest BCUT2D eigenvalue weighted by Gasteiger charge is -2.17. The summed E-state index contributed by atoms with van der Waals surface area (Å²) >= 11 is 3.69. The van der Waals surface area contributed by atoms with E-state index in [4.69, 9.17) is 4.99 Å². The number of hydrogen-bond acceptors (Lipinski definition) is 2. The lowest BCUT2D eigenvalue weighted by Crippen LogP contribution is -2.39. The van der Waals surface area contributed by atoms with Gasteiger partial charge in [0.2, 0.25) is 0 Å². The van der Waals surface area contributed by atoms with Gasteiger partial charge in [-0.15, -0.1) is 24.0 Å². The highest BCUT2D eigenvalue weighted by atomic mass is 127. The highest BCUT2D eigenvalue weighted by Crippen LogP contribution is 2.50. The molecule has 1 heterocycles. The Balaban J connectivity index is 0.00000243. The summed E-state index contributed by atoms with van der Waals surface area (Å²) in [5.41, 5.74) is 2.81. The van der Waals surface area contributed by atoms with Crippen molar-refractivity contribution < 1.29 is 0 Å². The molecule has 1 aromatic carbocycles. The van der Waals surface area contributed by atoms with Gasteiger partial charge in [0.15, 0.2) is 5.96 Å². The van der Waals surface area contributed by atoms with Crippen molar-refractivity contribution in [3.05, 3.63) is 64.4 Å². The Morgan fingerprint density at radius 3 is 2.65 bits per heavy atom. The topological polar surface area (TPSA) is 49.3 Å². The maximum atomic E-state index is 4.85. The van der Waals surface area contributed by atoms with Gasteiger partial charge in [-0.05, 0) is 49.4 Å². The molecule has 2 aromatic rings. The van der Waals surface area contributed by atoms with Crippen molar-refractivity contribution in [2.45, 2.75) is 31.6 Å². The van der Waals surface area contributed by atoms with Gasteiger partial charge in [0.1, 0.15) is 0 Å². The molecule has 140 valence electrons. The molecule has 4 nitrogen and oxygen atoms in total. The van der Waals surface area contributed by atoms with Crippen LogP contribution in [0.3, 0.4) is 0 Å². The number of hydrogen-bond donors (Lipinski definition) is 2. The number of rotatable bonds is 7. The molecule has 0 aliphatic heterocycles. The summed E-state index contributed by atoms with van der Waals surface area (Å²) in [7, 11) is 0. The fraction of sp³-hybridized carbons (Fsp3) is 0.400. The molecule has 0 bridgehead atoms. The van der Waals surface area contributed by atoms with Crippen LogP contribution in [0.25, 0.3) is 0 Å². The van der Waals surface area contributed by atoms with Gasteiger partial charge in [0, 0.05) is 35.4 Å². The molecule has 6 heteroatoms. The highest BCUT2D eigenvalue weighted by Gasteiger charge is 2.45. The van der Waals surface area contributed by atoms with Crippen molar-refractivity contribution in [1.29, 1.82) is 0 Å². The number of aliphatic imine (C=N–C) groups is 1. The predicted octanol–water partition coefficient (Wildman–Crippen LogP) is 4.29. The van der Waals surface area contributed by atoms with Crippen LogP contribution in [-0.4, -0.2) is 30.6 Å². The van der Waals surface area contributed by atoms with E-state index in [1.165, 1.54) is 28.4 Å². The SMILES string of the molecule is CCNC(=NCC1(c2ccccc2Br)CC1)NCCc1cccnc1.I. The molecule has 1 saturated carbocycles. The van der Waals surface area contributed by atoms with Crippen LogP contribution in [0.1, 0.15) is 30.9 Å². The smallest absolute Gasteiger partial charge is 0.191 e. The second-order valence-electron chi connectivity index (χ2n) is 6.49. The quantitative estimate of drug-likeness (QED) is 0.320. The Bertz CT molecular complexity index is 717. The van der Waals surface area contributed by atoms with E-state index in [2.05, 4.69) is 68.8 Å². The molecule has 0 spiro atoms. The van der Waals surface area contributed by atoms with E-state index < -0.39 is 0 Å². The average molecular weight is 529 g/mol. The number of benzene rings is 1. The number of nitrogens with one attached hydrogen (secondary N) is 2. The summed E-state index contributed by atoms with van der Waals surface area (Å²) < 4.78 is 1.19. The van der Waals surface area contributed by atoms with Crippen LogP contribution in [0, 0.1) is 0 Å². The second-order valence-corrected chi connectivity index (χ2v) is 7.35. The van der Waals surface area contributed by atoms with Gasteiger partial charge in [0.05, 0.1) is 6.54 Å². The maximum absolute atomic E-state index is 4.85. The van der Waals surface area contributed by atoms with Gasteiger partial charge in [-0.2, -0.15) is 0 Å². The molecule has 3 rings (SSSR count). The van der Waals surface area contributed by atoms with Gasteiger partial charge in [-0.3, -0.25) is 9.98 Å². The Labute approximate surface area is 181 Å². The number of aromatic nitrogens is 1. The van der Waals surface area contributed by atoms with E-state index >= 15 is 0 Å². The fourth-order valence-corrected chi connectivity index (χ4v) is 3.70. The minimum absolute atomic E-state index is 0. The Kier molecular flexibility index (Phi) is 8.34. The molecule has 0 saturated heterocycles. The van der Waals surface area contributed by atoms with Crippen LogP contribution in [-0.2, 0) is 11.8 Å². The normalized spacial score (nSPS) is 15.1. The molecule has 1 aromatic heterocycles. The van der Waals surface area contributed by atoms with E-state index in [1.807, 2.05) is 12.3 Å². The molecule has 1 aliphatic carbocycles. The minimum atomic E-state index is 0. The van der Waals surface area contributed by atoms with Gasteiger partial charge in [-0.1, -0.05) is 40.2 Å². The molecular weight excluding hydrogens is 503 g/mol. The summed E-state index contributed by atoms with van der Waals surface area (Å²) in [6.45, 7) is 4.62. The number of guanidine groups is 1. The third-order valence-corrected chi connectivity index (χ3v) is 5.30. The lowest BCUT2D eigenvalue weighted by molar-refractivity contribution is 0.689. The first-order valence-corrected chi connectivity index (χ1v) is 9.69. The highest BCUT2D eigenvalue weighted by molar-refractivity contribution is 14.0. The average Bonchev–Trinajstić information content (AvgIpc) is 3.42. The summed E-state index contributed by atoms with van der Waals surface area (Å²) in [5, 5.41) is 6.78. The summed E-state index contributed by atoms with van der Waals surface area (Å²) in [5.74, 6) is 0.893. The van der Waals surface area contributed by atoms with Crippen LogP contribution in [0.5, 0.6) is 0 Å². The number of halogens is 2. The van der Waals surface area contributed by atoms with Crippen LogP contribution in [0.2, 0.25) is 0 Å². The third-order valence-electron chi connectivity index (χ3n) is 4.61. The van der Waals surface area contributed by atoms with E-state index in [0.717, 1.165) is 32.0 Å². The molecule has 2 N–H and O–H groups in total. The molecule has 0 unspecified atom stereocenters. The van der Waals surface area contributed by atoms with Gasteiger partial charge in [-0.25, -0.2) is 0 Å². The number of nitrogens with zero attached hydrogens (tertiary/aromatic N) is 2. The maximum Gasteiger partial charge on any atom is 0.191 e. The summed E-state index contributed by atoms with van der Waals surface area (Å²) in [4.78, 5) is 9.01. The minimum Gasteiger partial charge on any atom is -0.357 e. The largest absolute Gasteiger partial charge is 0.357 e. The van der Waals surface area contributed by atoms with Crippen molar-refractivity contribution >= 4 is 45.9 Å². The Hall–Kier alpha value is -1.15. The molecule has 0 atom stereocenters. The molecule has 1 aliphatic rings. The predicted molar refractivity (Wildman–Crippen MR) is 122 cm³/mol. The zero-order valence-corrected chi connectivity index (χ0v) is 19.0. The molecule has 0 radical (unpaired) electrons. The fourth-order valence-electron chi connectivity index (χ4n) is 3.00. The molecule has 0 amide bonds. The van der Waals surface area contributed by atoms with Crippen molar-refractivity contribution in [3.63, 3.8) is 0 Å². The van der Waals surface area contributed by atoms with Crippen molar-refractivity contribution in [3.8, 4) is 0 Å². The Morgan fingerprint density at radius 1 is 1.19 bits per heavy atom. The number of pyridine rings is 1. The third kappa shape index (κ3) is 5.67. The molecular formula is C20H26BrIN4. The zero-order chi connectivity index (χ0) is 17.5. The van der Waals surface area contributed by atoms with Crippen LogP contribution < -0.4 is 10.6 Å². The standard InChI is InChI=1S/C20H25BrN4.HI/c1-2-23-19(24-13-9-16-6-5-12-22-14-16)25-15-20(10-11-20)17-7-3-4-8-18(17)21;/h3-8,12,14H,2,9-11,13,15H2,1H3,(H2,23,24,25);1H. The lowest BCUT2D eigenvalue weighted by atomic mass is 9.96. The van der Waals surface area contributed by atoms with Crippen LogP contribution in [0.4, 0.5) is 0 Å². The van der Waals surface area contributed by atoms with Gasteiger partial charge in [0.25, 0.3) is 0 Å². The van der Waals surface area contributed by atoms with E-state index in [9.17, 15) is 0 Å². The second kappa shape index (κ2) is 10.3. The van der Waals surface area contributed by atoms with E-state index in [-0.39, 0.29) is 29.4 Å². The Morgan fingerprint density at radius 2 is 2.00 bits per heavy atom. The van der Waals surface area contributed by atoms with Gasteiger partial charge < -0.3 is 10.6 Å². The summed E-state index contributed by atoms with van der Waals surface area (Å²) in [6.07, 6.45) is 7.06. The van der Waals surface area contributed by atoms with Gasteiger partial charge >= 0.3 is 0 Å². The molecule has 26 heavy (non-hydrogen) atoms. The first-order chi connectivity index (χ1) is 12.2. The van der Waals surface area contributed by atoms with E-state index in [1.54, 1.807) is 6.20 Å². The zero-order valence-electron chi connectivity index (χ0n) is 15.0. The monoisotopic (exact) mass is 528 g/mol. The molecule has 1 fully saturated rings. The van der Waals surface area contributed by atoms with Crippen molar-refractivity contribution in [1.82, 2.24) is 15.6 Å². The van der Waals surface area contributed by atoms with Crippen LogP contribution in [0.15, 0.2) is 58.3 Å². The first-order valence-electron chi connectivity index (χ1n) is 8.90. The summed E-state index contributed by atoms with van der Waals surface area (Å²) in [6, 6.07) is 12.6. The van der Waals surface area contributed by atoms with E-state index in [0.29, 0.717) is 0 Å². The first kappa shape index (κ1) is 21.2. The van der Waals surface area contributed by atoms with Crippen molar-refractivity contribution in [2.75, 3.05) is 19.6 Å². The van der Waals surface area contributed by atoms with Crippen molar-refractivity contribution in [2.24, 2.45) is 4.99 Å². The van der Waals surface area contributed by atoms with Crippen LogP contribution >= 0.6 is 39.9 Å².